The van der Waals surface area contributed by atoms with Gasteiger partial charge in [-0.2, -0.15) is 0 Å². The molecule has 0 aromatic heterocycles. The number of benzene rings is 3. The highest BCUT2D eigenvalue weighted by Crippen LogP contribution is 2.40. The van der Waals surface area contributed by atoms with Crippen LogP contribution < -0.4 is 0 Å². The molecule has 3 aromatic rings. The lowest BCUT2D eigenvalue weighted by Gasteiger charge is -2.42. The Balaban J connectivity index is 1.60. The fourth-order valence-electron chi connectivity index (χ4n) is 5.75. The monoisotopic (exact) mass is 428 g/mol. The van der Waals surface area contributed by atoms with Crippen LogP contribution in [-0.2, 0) is 12.8 Å². The summed E-state index contributed by atoms with van der Waals surface area (Å²) in [6.07, 6.45) is 1.74. The summed E-state index contributed by atoms with van der Waals surface area (Å²) in [5.41, 5.74) is 7.77. The minimum absolute atomic E-state index is 0.106. The predicted octanol–water partition coefficient (Wildman–Crippen LogP) is 3.56. The Labute approximate surface area is 190 Å². The van der Waals surface area contributed by atoms with Crippen molar-refractivity contribution in [1.82, 2.24) is 9.80 Å². The molecule has 5 rings (SSSR count). The summed E-state index contributed by atoms with van der Waals surface area (Å²) in [4.78, 5) is 4.63. The zero-order chi connectivity index (χ0) is 22.2. The number of aliphatic hydroxyl groups is 2. The molecule has 2 aliphatic rings. The van der Waals surface area contributed by atoms with Gasteiger partial charge in [-0.05, 0) is 60.3 Å². The lowest BCUT2D eigenvalue weighted by atomic mass is 9.82. The van der Waals surface area contributed by atoms with Crippen molar-refractivity contribution in [2.75, 3.05) is 27.3 Å². The van der Waals surface area contributed by atoms with E-state index in [-0.39, 0.29) is 37.4 Å². The van der Waals surface area contributed by atoms with Crippen molar-refractivity contribution < 1.29 is 10.2 Å². The highest BCUT2D eigenvalue weighted by molar-refractivity contribution is 5.45. The van der Waals surface area contributed by atoms with E-state index in [0.29, 0.717) is 0 Å². The van der Waals surface area contributed by atoms with Gasteiger partial charge in [0.2, 0.25) is 0 Å². The summed E-state index contributed by atoms with van der Waals surface area (Å²) < 4.78 is 0. The lowest BCUT2D eigenvalue weighted by Crippen LogP contribution is -2.44. The molecule has 32 heavy (non-hydrogen) atoms. The van der Waals surface area contributed by atoms with Gasteiger partial charge in [-0.3, -0.25) is 9.80 Å². The number of rotatable bonds is 4. The average molecular weight is 429 g/mol. The van der Waals surface area contributed by atoms with Crippen molar-refractivity contribution >= 4 is 0 Å². The maximum atomic E-state index is 10.0. The van der Waals surface area contributed by atoms with Crippen LogP contribution in [0.4, 0.5) is 0 Å². The number of nitrogens with zero attached hydrogens (tertiary/aromatic N) is 2. The van der Waals surface area contributed by atoms with Crippen LogP contribution in [0.5, 0.6) is 0 Å². The molecule has 0 saturated heterocycles. The predicted molar refractivity (Wildman–Crippen MR) is 128 cm³/mol. The first kappa shape index (κ1) is 21.4. The van der Waals surface area contributed by atoms with Crippen LogP contribution in [0.15, 0.2) is 72.8 Å². The molecule has 0 radical (unpaired) electrons. The summed E-state index contributed by atoms with van der Waals surface area (Å²) in [7, 11) is 4.25. The number of fused-ring (bicyclic) bond motifs is 2. The molecule has 0 saturated carbocycles. The van der Waals surface area contributed by atoms with Crippen LogP contribution in [-0.4, -0.2) is 59.4 Å². The Kier molecular flexibility index (Phi) is 5.87. The van der Waals surface area contributed by atoms with Crippen LogP contribution in [0, 0.1) is 0 Å². The van der Waals surface area contributed by atoms with Crippen molar-refractivity contribution in [1.29, 1.82) is 0 Å². The lowest BCUT2D eigenvalue weighted by molar-refractivity contribution is 0.109. The standard InChI is InChI=1S/C28H32N2O2/c1-29-23(17-31)15-19-8-3-5-12-25(19)27(29)21-10-7-11-22(14-21)28-26-13-6-4-9-20(26)16-24(18-32)30(28)2/h3-14,23-24,27-28,31-32H,15-18H2,1-2H3/t23-,24-,27+,28+/m0/s1. The maximum Gasteiger partial charge on any atom is 0.0605 e. The van der Waals surface area contributed by atoms with E-state index < -0.39 is 0 Å². The minimum atomic E-state index is 0.106. The second-order valence-corrected chi connectivity index (χ2v) is 9.28. The van der Waals surface area contributed by atoms with Gasteiger partial charge in [-0.15, -0.1) is 0 Å². The first-order chi connectivity index (χ1) is 15.6. The SMILES string of the molecule is CN1[C@H](CO)Cc2ccccc2[C@H]1c1cccc([C@@H]2c3ccccc3C[C@@H](CO)N2C)c1. The van der Waals surface area contributed by atoms with Crippen molar-refractivity contribution in [2.24, 2.45) is 0 Å². The van der Waals surface area contributed by atoms with E-state index in [1.54, 1.807) is 0 Å². The van der Waals surface area contributed by atoms with E-state index in [2.05, 4.69) is 96.7 Å². The van der Waals surface area contributed by atoms with Crippen LogP contribution in [0.25, 0.3) is 0 Å². The van der Waals surface area contributed by atoms with E-state index in [0.717, 1.165) is 12.8 Å². The Hall–Kier alpha value is -2.50. The second kappa shape index (κ2) is 8.80. The third-order valence-corrected chi connectivity index (χ3v) is 7.54. The zero-order valence-corrected chi connectivity index (χ0v) is 18.9. The van der Waals surface area contributed by atoms with Crippen molar-refractivity contribution in [3.63, 3.8) is 0 Å². The van der Waals surface area contributed by atoms with Gasteiger partial charge in [-0.1, -0.05) is 72.8 Å². The minimum Gasteiger partial charge on any atom is -0.395 e. The molecule has 0 fully saturated rings. The fourth-order valence-corrected chi connectivity index (χ4v) is 5.75. The molecule has 4 heteroatoms. The topological polar surface area (TPSA) is 46.9 Å². The van der Waals surface area contributed by atoms with Gasteiger partial charge in [0.05, 0.1) is 25.3 Å². The number of aliphatic hydroxyl groups excluding tert-OH is 2. The molecule has 4 nitrogen and oxygen atoms in total. The third-order valence-electron chi connectivity index (χ3n) is 7.54. The third kappa shape index (κ3) is 3.57. The fraction of sp³-hybridized carbons (Fsp3) is 0.357. The highest BCUT2D eigenvalue weighted by Gasteiger charge is 2.35. The van der Waals surface area contributed by atoms with Gasteiger partial charge in [0.15, 0.2) is 0 Å². The van der Waals surface area contributed by atoms with Gasteiger partial charge in [0, 0.05) is 12.1 Å². The maximum absolute atomic E-state index is 10.0. The summed E-state index contributed by atoms with van der Waals surface area (Å²) in [5, 5.41) is 20.1. The summed E-state index contributed by atoms with van der Waals surface area (Å²) in [5.74, 6) is 0. The van der Waals surface area contributed by atoms with E-state index in [4.69, 9.17) is 0 Å². The Morgan fingerprint density at radius 3 is 1.53 bits per heavy atom. The van der Waals surface area contributed by atoms with Crippen LogP contribution >= 0.6 is 0 Å². The molecule has 2 N–H and O–H groups in total. The van der Waals surface area contributed by atoms with E-state index in [9.17, 15) is 10.2 Å². The molecule has 4 atom stereocenters. The molecule has 0 amide bonds. The van der Waals surface area contributed by atoms with Gasteiger partial charge < -0.3 is 10.2 Å². The molecule has 0 spiro atoms. The van der Waals surface area contributed by atoms with E-state index >= 15 is 0 Å². The molecular formula is C28H32N2O2. The number of hydrogen-bond donors (Lipinski definition) is 2. The van der Waals surface area contributed by atoms with Crippen molar-refractivity contribution in [3.05, 3.63) is 106 Å². The smallest absolute Gasteiger partial charge is 0.0605 e. The summed E-state index contributed by atoms with van der Waals surface area (Å²) >= 11 is 0. The van der Waals surface area contributed by atoms with Crippen LogP contribution in [0.3, 0.4) is 0 Å². The van der Waals surface area contributed by atoms with Gasteiger partial charge in [0.1, 0.15) is 0 Å². The molecule has 0 unspecified atom stereocenters. The summed E-state index contributed by atoms with van der Waals surface area (Å²) in [6.45, 7) is 0.301. The molecule has 2 aliphatic heterocycles. The van der Waals surface area contributed by atoms with Gasteiger partial charge in [-0.25, -0.2) is 0 Å². The van der Waals surface area contributed by atoms with Crippen LogP contribution in [0.1, 0.15) is 45.5 Å². The molecule has 166 valence electrons. The Morgan fingerprint density at radius 2 is 1.09 bits per heavy atom. The summed E-state index contributed by atoms with van der Waals surface area (Å²) in [6, 6.07) is 26.6. The molecule has 3 aromatic carbocycles. The second-order valence-electron chi connectivity index (χ2n) is 9.28. The Morgan fingerprint density at radius 1 is 0.656 bits per heavy atom. The first-order valence-corrected chi connectivity index (χ1v) is 11.5. The number of hydrogen-bond acceptors (Lipinski definition) is 4. The Bertz CT molecular complexity index is 1020. The normalized spacial score (nSPS) is 25.9. The molecular weight excluding hydrogens is 396 g/mol. The van der Waals surface area contributed by atoms with Crippen LogP contribution in [0.2, 0.25) is 0 Å². The largest absolute Gasteiger partial charge is 0.395 e. The van der Waals surface area contributed by atoms with Gasteiger partial charge in [0.25, 0.3) is 0 Å². The van der Waals surface area contributed by atoms with Crippen molar-refractivity contribution in [3.8, 4) is 0 Å². The molecule has 0 aliphatic carbocycles. The number of likely N-dealkylation sites (N-methyl/N-ethyl adjacent to an activating group) is 2. The van der Waals surface area contributed by atoms with Crippen molar-refractivity contribution in [2.45, 2.75) is 37.0 Å². The highest BCUT2D eigenvalue weighted by atomic mass is 16.3. The molecule has 0 bridgehead atoms. The average Bonchev–Trinajstić information content (AvgIpc) is 2.83. The quantitative estimate of drug-likeness (QED) is 0.667. The molecule has 2 heterocycles. The van der Waals surface area contributed by atoms with E-state index in [1.807, 2.05) is 0 Å². The van der Waals surface area contributed by atoms with Gasteiger partial charge >= 0.3 is 0 Å². The van der Waals surface area contributed by atoms with E-state index in [1.165, 1.54) is 33.4 Å². The first-order valence-electron chi connectivity index (χ1n) is 11.5. The zero-order valence-electron chi connectivity index (χ0n) is 18.9.